The first-order valence-electron chi connectivity index (χ1n) is 7.00. The fraction of sp³-hybridized carbons (Fsp3) is 0.667. The highest BCUT2D eigenvalue weighted by Gasteiger charge is 2.16. The quantitative estimate of drug-likeness (QED) is 0.676. The lowest BCUT2D eigenvalue weighted by molar-refractivity contribution is -0.132. The second-order valence-electron chi connectivity index (χ2n) is 4.92. The van der Waals surface area contributed by atoms with Crippen LogP contribution in [-0.4, -0.2) is 48.4 Å². The Morgan fingerprint density at radius 1 is 1.00 bits per heavy atom. The summed E-state index contributed by atoms with van der Waals surface area (Å²) in [5.41, 5.74) is 0. The Hall–Kier alpha value is -1.09. The number of amides is 1. The van der Waals surface area contributed by atoms with Crippen molar-refractivity contribution in [2.45, 2.75) is 32.1 Å². The Morgan fingerprint density at radius 3 is 2.00 bits per heavy atom. The molecular formula is C15H26N2O. The zero-order valence-electron chi connectivity index (χ0n) is 11.4. The average molecular weight is 250 g/mol. The van der Waals surface area contributed by atoms with Gasteiger partial charge in [0.1, 0.15) is 0 Å². The van der Waals surface area contributed by atoms with Gasteiger partial charge in [0.2, 0.25) is 5.91 Å². The fourth-order valence-electron chi connectivity index (χ4n) is 2.36. The number of carbonyl (C=O) groups is 1. The van der Waals surface area contributed by atoms with Crippen molar-refractivity contribution in [3.8, 4) is 0 Å². The Bertz CT molecular complexity index is 258. The molecule has 0 atom stereocenters. The molecule has 0 aromatic carbocycles. The summed E-state index contributed by atoms with van der Waals surface area (Å²) in [5, 5.41) is 0. The maximum atomic E-state index is 12.2. The number of hydrogen-bond donors (Lipinski definition) is 0. The third kappa shape index (κ3) is 5.50. The molecule has 1 aliphatic rings. The Kier molecular flexibility index (Phi) is 7.42. The molecule has 1 amide bonds. The van der Waals surface area contributed by atoms with Gasteiger partial charge in [-0.25, -0.2) is 0 Å². The highest BCUT2D eigenvalue weighted by Crippen LogP contribution is 2.10. The van der Waals surface area contributed by atoms with Gasteiger partial charge in [-0.3, -0.25) is 9.69 Å². The summed E-state index contributed by atoms with van der Waals surface area (Å²) in [5.74, 6) is 0.251. The molecule has 18 heavy (non-hydrogen) atoms. The molecule has 3 nitrogen and oxygen atoms in total. The van der Waals surface area contributed by atoms with Gasteiger partial charge in [-0.15, -0.1) is 13.2 Å². The Balaban J connectivity index is 2.44. The van der Waals surface area contributed by atoms with Gasteiger partial charge in [0, 0.05) is 26.2 Å². The van der Waals surface area contributed by atoms with Gasteiger partial charge in [0.25, 0.3) is 0 Å². The first-order valence-corrected chi connectivity index (χ1v) is 7.00. The largest absolute Gasteiger partial charge is 0.342 e. The topological polar surface area (TPSA) is 23.6 Å². The van der Waals surface area contributed by atoms with Crippen molar-refractivity contribution in [2.24, 2.45) is 0 Å². The summed E-state index contributed by atoms with van der Waals surface area (Å²) in [4.78, 5) is 16.3. The van der Waals surface area contributed by atoms with Gasteiger partial charge < -0.3 is 4.90 Å². The molecule has 0 radical (unpaired) electrons. The van der Waals surface area contributed by atoms with Crippen LogP contribution in [0.5, 0.6) is 0 Å². The summed E-state index contributed by atoms with van der Waals surface area (Å²) in [6.45, 7) is 11.3. The molecule has 0 saturated carbocycles. The monoisotopic (exact) mass is 250 g/mol. The van der Waals surface area contributed by atoms with Gasteiger partial charge in [0.15, 0.2) is 0 Å². The number of carbonyl (C=O) groups excluding carboxylic acids is 1. The highest BCUT2D eigenvalue weighted by molar-refractivity contribution is 5.78. The van der Waals surface area contributed by atoms with Crippen LogP contribution in [0.2, 0.25) is 0 Å². The maximum absolute atomic E-state index is 12.2. The maximum Gasteiger partial charge on any atom is 0.236 e. The lowest BCUT2D eigenvalue weighted by Gasteiger charge is -2.27. The van der Waals surface area contributed by atoms with E-state index < -0.39 is 0 Å². The summed E-state index contributed by atoms with van der Waals surface area (Å²) >= 11 is 0. The van der Waals surface area contributed by atoms with E-state index in [0.29, 0.717) is 6.54 Å². The van der Waals surface area contributed by atoms with E-state index in [-0.39, 0.29) is 5.91 Å². The predicted octanol–water partition coefficient (Wildman–Crippen LogP) is 2.45. The van der Waals surface area contributed by atoms with E-state index in [1.54, 1.807) is 0 Å². The zero-order chi connectivity index (χ0) is 13.2. The third-order valence-corrected chi connectivity index (χ3v) is 3.34. The molecule has 1 aliphatic heterocycles. The van der Waals surface area contributed by atoms with Crippen molar-refractivity contribution in [2.75, 3.05) is 32.7 Å². The van der Waals surface area contributed by atoms with Crippen LogP contribution in [0.1, 0.15) is 32.1 Å². The minimum atomic E-state index is 0.251. The summed E-state index contributed by atoms with van der Waals surface area (Å²) in [6, 6.07) is 0. The van der Waals surface area contributed by atoms with Crippen molar-refractivity contribution in [1.82, 2.24) is 9.80 Å². The van der Waals surface area contributed by atoms with E-state index >= 15 is 0 Å². The normalized spacial score (nSPS) is 17.1. The smallest absolute Gasteiger partial charge is 0.236 e. The van der Waals surface area contributed by atoms with Crippen molar-refractivity contribution >= 4 is 5.91 Å². The number of hydrogen-bond acceptors (Lipinski definition) is 2. The van der Waals surface area contributed by atoms with Crippen molar-refractivity contribution in [3.05, 3.63) is 25.3 Å². The van der Waals surface area contributed by atoms with Crippen molar-refractivity contribution < 1.29 is 4.79 Å². The van der Waals surface area contributed by atoms with E-state index in [2.05, 4.69) is 18.1 Å². The molecule has 102 valence electrons. The van der Waals surface area contributed by atoms with Crippen LogP contribution in [0.25, 0.3) is 0 Å². The van der Waals surface area contributed by atoms with E-state index in [4.69, 9.17) is 0 Å². The van der Waals surface area contributed by atoms with Crippen LogP contribution >= 0.6 is 0 Å². The van der Waals surface area contributed by atoms with Crippen LogP contribution in [0.15, 0.2) is 25.3 Å². The molecule has 0 bridgehead atoms. The van der Waals surface area contributed by atoms with Crippen LogP contribution in [0.3, 0.4) is 0 Å². The van der Waals surface area contributed by atoms with E-state index in [1.165, 1.54) is 19.3 Å². The fourth-order valence-corrected chi connectivity index (χ4v) is 2.36. The van der Waals surface area contributed by atoms with Crippen LogP contribution in [0.4, 0.5) is 0 Å². The summed E-state index contributed by atoms with van der Waals surface area (Å²) in [6.07, 6.45) is 9.80. The minimum absolute atomic E-state index is 0.251. The molecule has 0 aromatic heterocycles. The molecule has 0 aromatic rings. The molecule has 0 unspecified atom stereocenters. The van der Waals surface area contributed by atoms with Gasteiger partial charge in [-0.1, -0.05) is 31.4 Å². The third-order valence-electron chi connectivity index (χ3n) is 3.34. The average Bonchev–Trinajstić information content (AvgIpc) is 2.28. The molecule has 1 fully saturated rings. The lowest BCUT2D eigenvalue weighted by Crippen LogP contribution is -2.41. The SMILES string of the molecule is C=CCN(CC=C)CC(=O)N1CCCCCCC1. The van der Waals surface area contributed by atoms with Crippen LogP contribution in [-0.2, 0) is 4.79 Å². The van der Waals surface area contributed by atoms with Crippen molar-refractivity contribution in [3.63, 3.8) is 0 Å². The Labute approximate surface area is 111 Å². The van der Waals surface area contributed by atoms with Gasteiger partial charge in [0.05, 0.1) is 6.54 Å². The molecule has 3 heteroatoms. The Morgan fingerprint density at radius 2 is 1.50 bits per heavy atom. The molecule has 1 rings (SSSR count). The molecule has 0 aliphatic carbocycles. The van der Waals surface area contributed by atoms with Crippen molar-refractivity contribution in [1.29, 1.82) is 0 Å². The standard InChI is InChI=1S/C15H26N2O/c1-3-10-16(11-4-2)14-15(18)17-12-8-6-5-7-9-13-17/h3-4H,1-2,5-14H2. The molecule has 1 saturated heterocycles. The zero-order valence-corrected chi connectivity index (χ0v) is 11.4. The van der Waals surface area contributed by atoms with Gasteiger partial charge in [-0.05, 0) is 12.8 Å². The predicted molar refractivity (Wildman–Crippen MR) is 76.5 cm³/mol. The molecular weight excluding hydrogens is 224 g/mol. The van der Waals surface area contributed by atoms with E-state index in [9.17, 15) is 4.79 Å². The van der Waals surface area contributed by atoms with Gasteiger partial charge >= 0.3 is 0 Å². The summed E-state index contributed by atoms with van der Waals surface area (Å²) < 4.78 is 0. The van der Waals surface area contributed by atoms with E-state index in [1.807, 2.05) is 17.1 Å². The molecule has 1 heterocycles. The lowest BCUT2D eigenvalue weighted by atomic mass is 10.1. The second-order valence-corrected chi connectivity index (χ2v) is 4.92. The van der Waals surface area contributed by atoms with E-state index in [0.717, 1.165) is 39.0 Å². The first kappa shape index (κ1) is 15.0. The molecule has 0 spiro atoms. The first-order chi connectivity index (χ1) is 8.77. The number of rotatable bonds is 6. The summed E-state index contributed by atoms with van der Waals surface area (Å²) in [7, 11) is 0. The van der Waals surface area contributed by atoms with Crippen LogP contribution < -0.4 is 0 Å². The van der Waals surface area contributed by atoms with Crippen LogP contribution in [0, 0.1) is 0 Å². The molecule has 0 N–H and O–H groups in total. The minimum Gasteiger partial charge on any atom is -0.342 e. The second kappa shape index (κ2) is 8.92. The number of likely N-dealkylation sites (tertiary alicyclic amines) is 1. The number of nitrogens with zero attached hydrogens (tertiary/aromatic N) is 2. The van der Waals surface area contributed by atoms with Gasteiger partial charge in [-0.2, -0.15) is 0 Å². The highest BCUT2D eigenvalue weighted by atomic mass is 16.2.